The Balaban J connectivity index is 1.83. The summed E-state index contributed by atoms with van der Waals surface area (Å²) < 4.78 is 12.1. The van der Waals surface area contributed by atoms with E-state index < -0.39 is 0 Å². The number of fused-ring (bicyclic) bond motifs is 1. The molecule has 0 spiro atoms. The Morgan fingerprint density at radius 2 is 2.04 bits per heavy atom. The van der Waals surface area contributed by atoms with E-state index in [9.17, 15) is 4.79 Å². The largest absolute Gasteiger partial charge is 0.466 e. The summed E-state index contributed by atoms with van der Waals surface area (Å²) in [6.45, 7) is 9.54. The van der Waals surface area contributed by atoms with E-state index >= 15 is 0 Å². The minimum Gasteiger partial charge on any atom is -0.466 e. The van der Waals surface area contributed by atoms with Crippen molar-refractivity contribution < 1.29 is 14.3 Å². The van der Waals surface area contributed by atoms with E-state index in [-0.39, 0.29) is 5.97 Å². The summed E-state index contributed by atoms with van der Waals surface area (Å²) in [7, 11) is 1.73. The molecule has 0 amide bonds. The second-order valence-corrected chi connectivity index (χ2v) is 6.60. The number of aryl methyl sites for hydroxylation is 1. The molecule has 0 unspecified atom stereocenters. The summed E-state index contributed by atoms with van der Waals surface area (Å²) in [5.41, 5.74) is 1.92. The SMILES string of the molecule is CCOC(=O)CCc1c(C)nc2ncnn2c1N1CCN(CCOC)CC1. The quantitative estimate of drug-likeness (QED) is 0.623. The lowest BCUT2D eigenvalue weighted by Gasteiger charge is -2.36. The van der Waals surface area contributed by atoms with E-state index in [0.717, 1.165) is 56.4 Å². The number of esters is 1. The maximum atomic E-state index is 11.9. The molecule has 0 aliphatic carbocycles. The molecular formula is C18H28N6O3. The fraction of sp³-hybridized carbons (Fsp3) is 0.667. The highest BCUT2D eigenvalue weighted by Crippen LogP contribution is 2.26. The van der Waals surface area contributed by atoms with Gasteiger partial charge in [-0.2, -0.15) is 14.6 Å². The number of hydrogen-bond acceptors (Lipinski definition) is 8. The number of piperazine rings is 1. The fourth-order valence-corrected chi connectivity index (χ4v) is 3.45. The molecule has 1 aliphatic rings. The Kier molecular flexibility index (Phi) is 6.57. The van der Waals surface area contributed by atoms with E-state index in [1.54, 1.807) is 11.6 Å². The monoisotopic (exact) mass is 376 g/mol. The molecule has 0 saturated carbocycles. The van der Waals surface area contributed by atoms with Crippen molar-refractivity contribution >= 4 is 17.6 Å². The van der Waals surface area contributed by atoms with E-state index in [2.05, 4.69) is 24.9 Å². The lowest BCUT2D eigenvalue weighted by atomic mass is 10.1. The molecule has 2 aromatic heterocycles. The molecule has 3 rings (SSSR count). The Bertz CT molecular complexity index is 770. The molecule has 0 N–H and O–H groups in total. The standard InChI is InChI=1S/C18H28N6O3/c1-4-27-16(25)6-5-15-14(2)21-18-19-13-20-24(18)17(15)23-9-7-22(8-10-23)11-12-26-3/h13H,4-12H2,1-3H3. The summed E-state index contributed by atoms with van der Waals surface area (Å²) in [4.78, 5) is 25.4. The van der Waals surface area contributed by atoms with Crippen LogP contribution in [0.4, 0.5) is 5.82 Å². The van der Waals surface area contributed by atoms with E-state index in [0.29, 0.717) is 25.2 Å². The molecule has 2 aromatic rings. The van der Waals surface area contributed by atoms with Crippen LogP contribution in [-0.4, -0.2) is 83.5 Å². The molecule has 0 aromatic carbocycles. The van der Waals surface area contributed by atoms with Gasteiger partial charge in [-0.05, 0) is 20.3 Å². The van der Waals surface area contributed by atoms with Crippen molar-refractivity contribution in [3.8, 4) is 0 Å². The molecule has 9 nitrogen and oxygen atoms in total. The smallest absolute Gasteiger partial charge is 0.306 e. The van der Waals surface area contributed by atoms with Crippen LogP contribution in [0, 0.1) is 6.92 Å². The van der Waals surface area contributed by atoms with Gasteiger partial charge in [0, 0.05) is 57.5 Å². The summed E-state index contributed by atoms with van der Waals surface area (Å²) in [5.74, 6) is 1.39. The first-order valence-corrected chi connectivity index (χ1v) is 9.45. The van der Waals surface area contributed by atoms with Crippen LogP contribution in [0.5, 0.6) is 0 Å². The van der Waals surface area contributed by atoms with Crippen LogP contribution in [-0.2, 0) is 20.7 Å². The van der Waals surface area contributed by atoms with Crippen LogP contribution < -0.4 is 4.90 Å². The van der Waals surface area contributed by atoms with Crippen LogP contribution in [0.2, 0.25) is 0 Å². The van der Waals surface area contributed by atoms with Gasteiger partial charge in [0.25, 0.3) is 5.78 Å². The molecule has 0 atom stereocenters. The number of aromatic nitrogens is 4. The number of carbonyl (C=O) groups is 1. The highest BCUT2D eigenvalue weighted by molar-refractivity contribution is 5.70. The van der Waals surface area contributed by atoms with Gasteiger partial charge in [-0.15, -0.1) is 0 Å². The zero-order valence-corrected chi connectivity index (χ0v) is 16.3. The van der Waals surface area contributed by atoms with Crippen molar-refractivity contribution in [2.24, 2.45) is 0 Å². The minimum absolute atomic E-state index is 0.189. The topological polar surface area (TPSA) is 85.1 Å². The molecule has 0 radical (unpaired) electrons. The predicted octanol–water partition coefficient (Wildman–Crippen LogP) is 0.697. The van der Waals surface area contributed by atoms with Gasteiger partial charge in [0.05, 0.1) is 13.2 Å². The third kappa shape index (κ3) is 4.54. The molecular weight excluding hydrogens is 348 g/mol. The van der Waals surface area contributed by atoms with Gasteiger partial charge in [-0.1, -0.05) is 0 Å². The van der Waals surface area contributed by atoms with Gasteiger partial charge in [0.2, 0.25) is 0 Å². The number of carbonyl (C=O) groups excluding carboxylic acids is 1. The first-order valence-electron chi connectivity index (χ1n) is 9.45. The maximum absolute atomic E-state index is 11.9. The molecule has 9 heteroatoms. The third-order valence-electron chi connectivity index (χ3n) is 4.87. The van der Waals surface area contributed by atoms with Crippen molar-refractivity contribution in [1.82, 2.24) is 24.5 Å². The Morgan fingerprint density at radius 3 is 2.74 bits per heavy atom. The first kappa shape index (κ1) is 19.5. The summed E-state index contributed by atoms with van der Waals surface area (Å²) in [6, 6.07) is 0. The number of ether oxygens (including phenoxy) is 2. The highest BCUT2D eigenvalue weighted by atomic mass is 16.5. The van der Waals surface area contributed by atoms with Crippen LogP contribution >= 0.6 is 0 Å². The van der Waals surface area contributed by atoms with Gasteiger partial charge in [0.15, 0.2) is 0 Å². The predicted molar refractivity (Wildman–Crippen MR) is 101 cm³/mol. The lowest BCUT2D eigenvalue weighted by molar-refractivity contribution is -0.143. The zero-order valence-electron chi connectivity index (χ0n) is 16.3. The van der Waals surface area contributed by atoms with Crippen molar-refractivity contribution in [1.29, 1.82) is 0 Å². The van der Waals surface area contributed by atoms with Crippen LogP contribution in [0.15, 0.2) is 6.33 Å². The first-order chi connectivity index (χ1) is 13.1. The Hall–Kier alpha value is -2.26. The summed E-state index contributed by atoms with van der Waals surface area (Å²) in [6.07, 6.45) is 2.43. The summed E-state index contributed by atoms with van der Waals surface area (Å²) >= 11 is 0. The average Bonchev–Trinajstić information content (AvgIpc) is 3.13. The molecule has 148 valence electrons. The van der Waals surface area contributed by atoms with Crippen LogP contribution in [0.25, 0.3) is 5.78 Å². The second-order valence-electron chi connectivity index (χ2n) is 6.60. The van der Waals surface area contributed by atoms with E-state index in [1.807, 2.05) is 13.8 Å². The molecule has 1 aliphatic heterocycles. The van der Waals surface area contributed by atoms with E-state index in [1.165, 1.54) is 6.33 Å². The van der Waals surface area contributed by atoms with Crippen molar-refractivity contribution in [3.63, 3.8) is 0 Å². The van der Waals surface area contributed by atoms with Crippen molar-refractivity contribution in [2.75, 3.05) is 57.9 Å². The lowest BCUT2D eigenvalue weighted by Crippen LogP contribution is -2.48. The number of anilines is 1. The van der Waals surface area contributed by atoms with Crippen molar-refractivity contribution in [2.45, 2.75) is 26.7 Å². The maximum Gasteiger partial charge on any atom is 0.306 e. The van der Waals surface area contributed by atoms with Gasteiger partial charge < -0.3 is 14.4 Å². The van der Waals surface area contributed by atoms with Gasteiger partial charge in [-0.25, -0.2) is 4.98 Å². The number of hydrogen-bond donors (Lipinski definition) is 0. The molecule has 0 bridgehead atoms. The molecule has 1 saturated heterocycles. The minimum atomic E-state index is -0.189. The van der Waals surface area contributed by atoms with E-state index in [4.69, 9.17) is 9.47 Å². The fourth-order valence-electron chi connectivity index (χ4n) is 3.45. The number of methoxy groups -OCH3 is 1. The zero-order chi connectivity index (χ0) is 19.2. The summed E-state index contributed by atoms with van der Waals surface area (Å²) in [5, 5.41) is 4.38. The van der Waals surface area contributed by atoms with Crippen LogP contribution in [0.3, 0.4) is 0 Å². The van der Waals surface area contributed by atoms with Crippen LogP contribution in [0.1, 0.15) is 24.6 Å². The molecule has 1 fully saturated rings. The average molecular weight is 376 g/mol. The normalized spacial score (nSPS) is 15.4. The Morgan fingerprint density at radius 1 is 1.26 bits per heavy atom. The molecule has 3 heterocycles. The number of rotatable bonds is 8. The van der Waals surface area contributed by atoms with Gasteiger partial charge in [-0.3, -0.25) is 9.69 Å². The molecule has 27 heavy (non-hydrogen) atoms. The van der Waals surface area contributed by atoms with Gasteiger partial charge >= 0.3 is 5.97 Å². The number of nitrogens with zero attached hydrogens (tertiary/aromatic N) is 6. The third-order valence-corrected chi connectivity index (χ3v) is 4.87. The highest BCUT2D eigenvalue weighted by Gasteiger charge is 2.24. The van der Waals surface area contributed by atoms with Crippen molar-refractivity contribution in [3.05, 3.63) is 17.6 Å². The Labute approximate surface area is 159 Å². The second kappa shape index (κ2) is 9.09. The van der Waals surface area contributed by atoms with Gasteiger partial charge in [0.1, 0.15) is 12.1 Å².